The van der Waals surface area contributed by atoms with Crippen molar-refractivity contribution in [2.75, 3.05) is 16.8 Å². The molecule has 0 bridgehead atoms. The molecule has 2 rings (SSSR count). The molecule has 0 spiro atoms. The molecule has 1 unspecified atom stereocenters. The summed E-state index contributed by atoms with van der Waals surface area (Å²) in [5.41, 5.74) is 1.32. The van der Waals surface area contributed by atoms with Crippen LogP contribution in [0, 0.1) is 17.2 Å². The fourth-order valence-corrected chi connectivity index (χ4v) is 2.40. The van der Waals surface area contributed by atoms with Crippen molar-refractivity contribution in [3.05, 3.63) is 22.2 Å². The third-order valence-electron chi connectivity index (χ3n) is 3.07. The number of hydrogen-bond acceptors (Lipinski definition) is 3. The highest BCUT2D eigenvalue weighted by atomic mass is 35.5. The Morgan fingerprint density at radius 1 is 1.42 bits per heavy atom. The van der Waals surface area contributed by atoms with Crippen molar-refractivity contribution in [2.45, 2.75) is 19.9 Å². The Morgan fingerprint density at radius 3 is 2.63 bits per heavy atom. The first-order chi connectivity index (χ1) is 8.95. The van der Waals surface area contributed by atoms with Gasteiger partial charge in [-0.25, -0.2) is 0 Å². The van der Waals surface area contributed by atoms with E-state index in [0.717, 1.165) is 5.69 Å². The largest absolute Gasteiger partial charge is 0.372 e. The van der Waals surface area contributed by atoms with Gasteiger partial charge >= 0.3 is 0 Å². The smallest absolute Gasteiger partial charge is 0.250 e. The van der Waals surface area contributed by atoms with Crippen LogP contribution in [-0.4, -0.2) is 18.5 Å². The molecule has 4 nitrogen and oxygen atoms in total. The van der Waals surface area contributed by atoms with Crippen LogP contribution in [0.2, 0.25) is 10.0 Å². The monoisotopic (exact) mass is 297 g/mol. The molecule has 19 heavy (non-hydrogen) atoms. The number of nitriles is 1. The van der Waals surface area contributed by atoms with Crippen LogP contribution in [0.4, 0.5) is 11.4 Å². The number of nitrogens with zero attached hydrogens (tertiary/aromatic N) is 2. The van der Waals surface area contributed by atoms with Crippen LogP contribution < -0.4 is 10.2 Å². The van der Waals surface area contributed by atoms with E-state index in [-0.39, 0.29) is 24.4 Å². The number of carbonyl (C=O) groups excluding carboxylic acids is 1. The second-order valence-corrected chi connectivity index (χ2v) is 5.55. The van der Waals surface area contributed by atoms with E-state index in [1.165, 1.54) is 4.90 Å². The predicted molar refractivity (Wildman–Crippen MR) is 76.7 cm³/mol. The molecule has 0 radical (unpaired) electrons. The Bertz CT molecular complexity index is 566. The summed E-state index contributed by atoms with van der Waals surface area (Å²) in [5, 5.41) is 12.8. The predicted octanol–water partition coefficient (Wildman–Crippen LogP) is 3.30. The summed E-state index contributed by atoms with van der Waals surface area (Å²) in [4.78, 5) is 13.8. The first kappa shape index (κ1) is 14.0. The van der Waals surface area contributed by atoms with Crippen molar-refractivity contribution in [3.8, 4) is 6.07 Å². The molecule has 1 aromatic rings. The van der Waals surface area contributed by atoms with E-state index in [0.29, 0.717) is 15.7 Å². The molecule has 1 N–H and O–H groups in total. The minimum Gasteiger partial charge on any atom is -0.372 e. The molecular formula is C13H13Cl2N3O. The zero-order valence-electron chi connectivity index (χ0n) is 10.6. The molecule has 100 valence electrons. The van der Waals surface area contributed by atoms with Crippen molar-refractivity contribution in [1.29, 1.82) is 5.26 Å². The van der Waals surface area contributed by atoms with Crippen LogP contribution in [0.15, 0.2) is 12.1 Å². The number of amides is 1. The number of carbonyl (C=O) groups is 1. The quantitative estimate of drug-likeness (QED) is 0.852. The van der Waals surface area contributed by atoms with Crippen LogP contribution in [0.1, 0.15) is 13.8 Å². The number of rotatable bonds is 2. The van der Waals surface area contributed by atoms with E-state index < -0.39 is 0 Å². The molecule has 0 aliphatic carbocycles. The first-order valence-electron chi connectivity index (χ1n) is 5.89. The lowest BCUT2D eigenvalue weighted by Gasteiger charge is -2.36. The maximum Gasteiger partial charge on any atom is 0.250 e. The highest BCUT2D eigenvalue weighted by molar-refractivity contribution is 6.42. The molecule has 1 heterocycles. The summed E-state index contributed by atoms with van der Waals surface area (Å²) in [7, 11) is 0. The summed E-state index contributed by atoms with van der Waals surface area (Å²) in [6.07, 6.45) is 0. The summed E-state index contributed by atoms with van der Waals surface area (Å²) < 4.78 is 0. The van der Waals surface area contributed by atoms with Gasteiger partial charge in [-0.1, -0.05) is 37.0 Å². The van der Waals surface area contributed by atoms with Gasteiger partial charge in [0.1, 0.15) is 12.6 Å². The normalized spacial score (nSPS) is 18.0. The second-order valence-electron chi connectivity index (χ2n) is 4.73. The van der Waals surface area contributed by atoms with Crippen molar-refractivity contribution in [1.82, 2.24) is 0 Å². The molecule has 1 aromatic carbocycles. The highest BCUT2D eigenvalue weighted by Gasteiger charge is 2.34. The minimum absolute atomic E-state index is 0.00526. The van der Waals surface area contributed by atoms with E-state index in [9.17, 15) is 4.79 Å². The van der Waals surface area contributed by atoms with E-state index >= 15 is 0 Å². The highest BCUT2D eigenvalue weighted by Crippen LogP contribution is 2.38. The SMILES string of the molecule is CC(C)C1Nc2cc(Cl)c(Cl)cc2N(CC#N)C1=O. The van der Waals surface area contributed by atoms with Crippen LogP contribution >= 0.6 is 23.2 Å². The van der Waals surface area contributed by atoms with Gasteiger partial charge in [-0.05, 0) is 18.1 Å². The Kier molecular flexibility index (Phi) is 3.88. The molecular weight excluding hydrogens is 285 g/mol. The summed E-state index contributed by atoms with van der Waals surface area (Å²) in [6.45, 7) is 3.89. The standard InChI is InChI=1S/C13H13Cl2N3O/c1-7(2)12-13(19)18(4-3-16)11-6-9(15)8(14)5-10(11)17-12/h5-7,12,17H,4H2,1-2H3. The average molecular weight is 298 g/mol. The lowest BCUT2D eigenvalue weighted by atomic mass is 9.99. The number of nitrogens with one attached hydrogen (secondary N) is 1. The van der Waals surface area contributed by atoms with Gasteiger partial charge in [-0.2, -0.15) is 5.26 Å². The third-order valence-corrected chi connectivity index (χ3v) is 3.79. The Hall–Kier alpha value is -1.44. The van der Waals surface area contributed by atoms with Crippen LogP contribution in [-0.2, 0) is 4.79 Å². The van der Waals surface area contributed by atoms with Gasteiger partial charge < -0.3 is 5.32 Å². The van der Waals surface area contributed by atoms with Crippen molar-refractivity contribution in [2.24, 2.45) is 5.92 Å². The number of halogens is 2. The van der Waals surface area contributed by atoms with Gasteiger partial charge in [0, 0.05) is 0 Å². The van der Waals surface area contributed by atoms with E-state index in [1.54, 1.807) is 12.1 Å². The molecule has 1 atom stereocenters. The molecule has 0 saturated carbocycles. The van der Waals surface area contributed by atoms with Crippen molar-refractivity contribution in [3.63, 3.8) is 0 Å². The molecule has 6 heteroatoms. The summed E-state index contributed by atoms with van der Waals surface area (Å²) >= 11 is 12.0. The van der Waals surface area contributed by atoms with Crippen molar-refractivity contribution < 1.29 is 4.79 Å². The van der Waals surface area contributed by atoms with Gasteiger partial charge in [-0.3, -0.25) is 9.69 Å². The van der Waals surface area contributed by atoms with Gasteiger partial charge in [0.25, 0.3) is 5.91 Å². The fourth-order valence-electron chi connectivity index (χ4n) is 2.08. The van der Waals surface area contributed by atoms with Crippen LogP contribution in [0.3, 0.4) is 0 Å². The lowest BCUT2D eigenvalue weighted by molar-refractivity contribution is -0.120. The molecule has 1 aliphatic rings. The Balaban J connectivity index is 2.53. The molecule has 0 aromatic heterocycles. The Labute approximate surface area is 121 Å². The van der Waals surface area contributed by atoms with Gasteiger partial charge in [0.15, 0.2) is 0 Å². The maximum atomic E-state index is 12.4. The van der Waals surface area contributed by atoms with Crippen molar-refractivity contribution >= 4 is 40.5 Å². The minimum atomic E-state index is -0.363. The average Bonchev–Trinajstić information content (AvgIpc) is 2.35. The molecule has 1 aliphatic heterocycles. The van der Waals surface area contributed by atoms with Gasteiger partial charge in [0.05, 0.1) is 27.5 Å². The molecule has 1 amide bonds. The topological polar surface area (TPSA) is 56.1 Å². The van der Waals surface area contributed by atoms with E-state index in [4.69, 9.17) is 28.5 Å². The molecule has 0 saturated heterocycles. The van der Waals surface area contributed by atoms with Gasteiger partial charge in [0.2, 0.25) is 0 Å². The van der Waals surface area contributed by atoms with E-state index in [1.807, 2.05) is 19.9 Å². The summed E-state index contributed by atoms with van der Waals surface area (Å²) in [5.74, 6) is -0.0151. The zero-order valence-corrected chi connectivity index (χ0v) is 12.1. The van der Waals surface area contributed by atoms with Gasteiger partial charge in [-0.15, -0.1) is 0 Å². The second kappa shape index (κ2) is 5.28. The number of hydrogen-bond donors (Lipinski definition) is 1. The number of fused-ring (bicyclic) bond motifs is 1. The summed E-state index contributed by atoms with van der Waals surface area (Å²) in [6, 6.07) is 4.94. The number of anilines is 2. The van der Waals surface area contributed by atoms with Crippen LogP contribution in [0.5, 0.6) is 0 Å². The fraction of sp³-hybridized carbons (Fsp3) is 0.385. The Morgan fingerprint density at radius 2 is 2.05 bits per heavy atom. The molecule has 0 fully saturated rings. The van der Waals surface area contributed by atoms with Crippen LogP contribution in [0.25, 0.3) is 0 Å². The number of benzene rings is 1. The zero-order chi connectivity index (χ0) is 14.2. The first-order valence-corrected chi connectivity index (χ1v) is 6.65. The maximum absolute atomic E-state index is 12.4. The third kappa shape index (κ3) is 2.49. The van der Waals surface area contributed by atoms with E-state index in [2.05, 4.69) is 5.32 Å². The lowest BCUT2D eigenvalue weighted by Crippen LogP contribution is -2.49.